The Morgan fingerprint density at radius 2 is 2.16 bits per heavy atom. The average molecular weight is 257 g/mol. The Kier molecular flexibility index (Phi) is 3.03. The van der Waals surface area contributed by atoms with E-state index in [1.54, 1.807) is 0 Å². The van der Waals surface area contributed by atoms with Crippen LogP contribution in [0, 0.1) is 0 Å². The zero-order chi connectivity index (χ0) is 13.4. The largest absolute Gasteiger partial charge is 0.350 e. The van der Waals surface area contributed by atoms with Crippen LogP contribution in [0.3, 0.4) is 0 Å². The van der Waals surface area contributed by atoms with Gasteiger partial charge in [-0.2, -0.15) is 0 Å². The standard InChI is InChI=1S/C15H19N3O/c1-17-10-13(12-6-2-3-7-14(12)17)15(19)18-8-4-5-11(16)9-18/h2-3,6-7,10-11H,4-5,8-9,16H2,1H3/t11-/m0/s1. The number of carbonyl (C=O) groups excluding carboxylic acids is 1. The van der Waals surface area contributed by atoms with Crippen molar-refractivity contribution in [2.75, 3.05) is 13.1 Å². The number of rotatable bonds is 1. The summed E-state index contributed by atoms with van der Waals surface area (Å²) in [6, 6.07) is 8.13. The number of aryl methyl sites for hydroxylation is 1. The molecule has 0 aliphatic carbocycles. The van der Waals surface area contributed by atoms with Gasteiger partial charge >= 0.3 is 0 Å². The van der Waals surface area contributed by atoms with Gasteiger partial charge in [0.05, 0.1) is 5.56 Å². The van der Waals surface area contributed by atoms with Crippen molar-refractivity contribution in [3.8, 4) is 0 Å². The van der Waals surface area contributed by atoms with Gasteiger partial charge in [0.15, 0.2) is 0 Å². The number of likely N-dealkylation sites (tertiary alicyclic amines) is 1. The minimum Gasteiger partial charge on any atom is -0.350 e. The van der Waals surface area contributed by atoms with Crippen molar-refractivity contribution >= 4 is 16.8 Å². The van der Waals surface area contributed by atoms with Crippen LogP contribution in [0.5, 0.6) is 0 Å². The van der Waals surface area contributed by atoms with Gasteiger partial charge in [0.1, 0.15) is 0 Å². The van der Waals surface area contributed by atoms with Gasteiger partial charge in [0, 0.05) is 43.3 Å². The van der Waals surface area contributed by atoms with Gasteiger partial charge in [-0.05, 0) is 18.9 Å². The number of carbonyl (C=O) groups is 1. The first-order valence-corrected chi connectivity index (χ1v) is 6.76. The summed E-state index contributed by atoms with van der Waals surface area (Å²) in [5.41, 5.74) is 7.83. The van der Waals surface area contributed by atoms with Crippen LogP contribution in [0.25, 0.3) is 10.9 Å². The Labute approximate surface area is 112 Å². The van der Waals surface area contributed by atoms with E-state index in [2.05, 4.69) is 0 Å². The molecule has 2 N–H and O–H groups in total. The molecule has 1 aromatic carbocycles. The highest BCUT2D eigenvalue weighted by Gasteiger charge is 2.24. The lowest BCUT2D eigenvalue weighted by Crippen LogP contribution is -2.45. The van der Waals surface area contributed by atoms with Gasteiger partial charge in [0.2, 0.25) is 0 Å². The van der Waals surface area contributed by atoms with Crippen LogP contribution in [-0.2, 0) is 7.05 Å². The SMILES string of the molecule is Cn1cc(C(=O)N2CCC[C@H](N)C2)c2ccccc21. The van der Waals surface area contributed by atoms with Crippen LogP contribution in [0.2, 0.25) is 0 Å². The zero-order valence-electron chi connectivity index (χ0n) is 11.2. The lowest BCUT2D eigenvalue weighted by atomic mass is 10.1. The summed E-state index contributed by atoms with van der Waals surface area (Å²) in [5, 5.41) is 1.02. The van der Waals surface area contributed by atoms with E-state index in [1.807, 2.05) is 47.0 Å². The summed E-state index contributed by atoms with van der Waals surface area (Å²) in [6.45, 7) is 1.48. The summed E-state index contributed by atoms with van der Waals surface area (Å²) in [7, 11) is 1.97. The highest BCUT2D eigenvalue weighted by molar-refractivity contribution is 6.07. The van der Waals surface area contributed by atoms with E-state index < -0.39 is 0 Å². The second-order valence-electron chi connectivity index (χ2n) is 5.32. The molecule has 1 aliphatic rings. The van der Waals surface area contributed by atoms with E-state index in [0.717, 1.165) is 35.9 Å². The molecule has 1 amide bonds. The molecular formula is C15H19N3O. The number of nitrogens with two attached hydrogens (primary N) is 1. The number of nitrogens with zero attached hydrogens (tertiary/aromatic N) is 2. The Balaban J connectivity index is 1.97. The number of hydrogen-bond acceptors (Lipinski definition) is 2. The third-order valence-corrected chi connectivity index (χ3v) is 3.87. The van der Waals surface area contributed by atoms with Crippen molar-refractivity contribution in [1.29, 1.82) is 0 Å². The summed E-state index contributed by atoms with van der Waals surface area (Å²) < 4.78 is 2.01. The van der Waals surface area contributed by atoms with Gasteiger partial charge in [0.25, 0.3) is 5.91 Å². The summed E-state index contributed by atoms with van der Waals surface area (Å²) in [4.78, 5) is 14.5. The summed E-state index contributed by atoms with van der Waals surface area (Å²) >= 11 is 0. The van der Waals surface area contributed by atoms with Gasteiger partial charge in [-0.25, -0.2) is 0 Å². The van der Waals surface area contributed by atoms with E-state index >= 15 is 0 Å². The lowest BCUT2D eigenvalue weighted by molar-refractivity contribution is 0.0710. The zero-order valence-corrected chi connectivity index (χ0v) is 11.2. The quantitative estimate of drug-likeness (QED) is 0.846. The summed E-state index contributed by atoms with van der Waals surface area (Å²) in [5.74, 6) is 0.104. The molecule has 1 atom stereocenters. The first-order chi connectivity index (χ1) is 9.16. The minimum absolute atomic E-state index is 0.104. The van der Waals surface area contributed by atoms with E-state index in [1.165, 1.54) is 0 Å². The smallest absolute Gasteiger partial charge is 0.256 e. The van der Waals surface area contributed by atoms with Crippen LogP contribution in [0.4, 0.5) is 0 Å². The number of piperidine rings is 1. The van der Waals surface area contributed by atoms with Crippen LogP contribution in [-0.4, -0.2) is 34.5 Å². The third-order valence-electron chi connectivity index (χ3n) is 3.87. The maximum Gasteiger partial charge on any atom is 0.256 e. The molecule has 0 bridgehead atoms. The molecule has 0 radical (unpaired) electrons. The van der Waals surface area contributed by atoms with E-state index in [-0.39, 0.29) is 11.9 Å². The summed E-state index contributed by atoms with van der Waals surface area (Å²) in [6.07, 6.45) is 3.93. The second kappa shape index (κ2) is 4.70. The Bertz CT molecular complexity index is 617. The molecule has 1 aromatic heterocycles. The Morgan fingerprint density at radius 1 is 1.37 bits per heavy atom. The van der Waals surface area contributed by atoms with Crippen LogP contribution in [0.1, 0.15) is 23.2 Å². The monoisotopic (exact) mass is 257 g/mol. The first-order valence-electron chi connectivity index (χ1n) is 6.76. The lowest BCUT2D eigenvalue weighted by Gasteiger charge is -2.30. The molecule has 2 heterocycles. The minimum atomic E-state index is 0.104. The van der Waals surface area contributed by atoms with E-state index in [9.17, 15) is 4.79 Å². The number of hydrogen-bond donors (Lipinski definition) is 1. The van der Waals surface area contributed by atoms with Gasteiger partial charge < -0.3 is 15.2 Å². The maximum absolute atomic E-state index is 12.6. The second-order valence-corrected chi connectivity index (χ2v) is 5.32. The van der Waals surface area contributed by atoms with Crippen LogP contribution in [0.15, 0.2) is 30.5 Å². The predicted molar refractivity (Wildman–Crippen MR) is 76.0 cm³/mol. The fraction of sp³-hybridized carbons (Fsp3) is 0.400. The molecule has 19 heavy (non-hydrogen) atoms. The Morgan fingerprint density at radius 3 is 2.95 bits per heavy atom. The molecular weight excluding hydrogens is 238 g/mol. The van der Waals surface area contributed by atoms with Crippen molar-refractivity contribution < 1.29 is 4.79 Å². The maximum atomic E-state index is 12.6. The number of amides is 1. The molecule has 100 valence electrons. The molecule has 0 unspecified atom stereocenters. The van der Waals surface area contributed by atoms with Crippen LogP contribution < -0.4 is 5.73 Å². The fourth-order valence-electron chi connectivity index (χ4n) is 2.88. The normalized spacial score (nSPS) is 19.9. The topological polar surface area (TPSA) is 51.3 Å². The van der Waals surface area contributed by atoms with Crippen molar-refractivity contribution in [1.82, 2.24) is 9.47 Å². The number of fused-ring (bicyclic) bond motifs is 1. The van der Waals surface area contributed by atoms with Crippen molar-refractivity contribution in [2.45, 2.75) is 18.9 Å². The molecule has 1 aliphatic heterocycles. The molecule has 1 saturated heterocycles. The number of aromatic nitrogens is 1. The molecule has 4 heteroatoms. The van der Waals surface area contributed by atoms with Gasteiger partial charge in [-0.3, -0.25) is 4.79 Å². The predicted octanol–water partition coefficient (Wildman–Crippen LogP) is 1.74. The highest BCUT2D eigenvalue weighted by Crippen LogP contribution is 2.23. The van der Waals surface area contributed by atoms with Crippen molar-refractivity contribution in [3.63, 3.8) is 0 Å². The molecule has 0 spiro atoms. The molecule has 2 aromatic rings. The third kappa shape index (κ3) is 2.12. The molecule has 1 fully saturated rings. The van der Waals surface area contributed by atoms with Crippen molar-refractivity contribution in [2.24, 2.45) is 12.8 Å². The van der Waals surface area contributed by atoms with E-state index in [0.29, 0.717) is 6.54 Å². The molecule has 4 nitrogen and oxygen atoms in total. The number of benzene rings is 1. The van der Waals surface area contributed by atoms with Gasteiger partial charge in [-0.1, -0.05) is 18.2 Å². The molecule has 0 saturated carbocycles. The first kappa shape index (κ1) is 12.2. The number of para-hydroxylation sites is 1. The Hall–Kier alpha value is -1.81. The van der Waals surface area contributed by atoms with Crippen LogP contribution >= 0.6 is 0 Å². The van der Waals surface area contributed by atoms with E-state index in [4.69, 9.17) is 5.73 Å². The van der Waals surface area contributed by atoms with Crippen molar-refractivity contribution in [3.05, 3.63) is 36.0 Å². The molecule has 3 rings (SSSR count). The highest BCUT2D eigenvalue weighted by atomic mass is 16.2. The fourth-order valence-corrected chi connectivity index (χ4v) is 2.88. The average Bonchev–Trinajstić information content (AvgIpc) is 2.76. The van der Waals surface area contributed by atoms with Gasteiger partial charge in [-0.15, -0.1) is 0 Å².